The molecule has 2 atom stereocenters. The first-order valence-corrected chi connectivity index (χ1v) is 7.32. The molecule has 0 unspecified atom stereocenters. The minimum atomic E-state index is -4.61. The van der Waals surface area contributed by atoms with Crippen LogP contribution < -0.4 is 9.64 Å². The molecule has 0 bridgehead atoms. The van der Waals surface area contributed by atoms with E-state index in [0.29, 0.717) is 11.3 Å². The second kappa shape index (κ2) is 6.26. The van der Waals surface area contributed by atoms with Crippen LogP contribution in [0, 0.1) is 11.8 Å². The maximum absolute atomic E-state index is 13.0. The van der Waals surface area contributed by atoms with Crippen molar-refractivity contribution in [2.75, 3.05) is 25.1 Å². The Morgan fingerprint density at radius 1 is 1.32 bits per heavy atom. The lowest BCUT2D eigenvalue weighted by molar-refractivity contribution is -0.187. The van der Waals surface area contributed by atoms with Crippen LogP contribution in [0.25, 0.3) is 11.4 Å². The van der Waals surface area contributed by atoms with Gasteiger partial charge in [0.1, 0.15) is 5.75 Å². The van der Waals surface area contributed by atoms with Gasteiger partial charge in [-0.2, -0.15) is 18.2 Å². The van der Waals surface area contributed by atoms with Crippen molar-refractivity contribution in [3.63, 3.8) is 0 Å². The summed E-state index contributed by atoms with van der Waals surface area (Å²) < 4.78 is 49.2. The van der Waals surface area contributed by atoms with Gasteiger partial charge in [-0.25, -0.2) is 0 Å². The average molecular weight is 357 g/mol. The Morgan fingerprint density at radius 2 is 2.00 bits per heavy atom. The van der Waals surface area contributed by atoms with Crippen LogP contribution in [0.4, 0.5) is 19.2 Å². The predicted octanol–water partition coefficient (Wildman–Crippen LogP) is 2.44. The Kier molecular flexibility index (Phi) is 4.27. The SMILES string of the molecule is COc1ccc(-c2noc(N3C[C@@H](C(F)(F)F)[C@H](C(=O)O)C3)n2)cc1. The molecule has 0 saturated carbocycles. The molecule has 3 rings (SSSR count). The first-order chi connectivity index (χ1) is 11.8. The van der Waals surface area contributed by atoms with Crippen LogP contribution in [0.5, 0.6) is 5.75 Å². The highest BCUT2D eigenvalue weighted by Crippen LogP contribution is 2.39. The summed E-state index contributed by atoms with van der Waals surface area (Å²) in [7, 11) is 1.52. The van der Waals surface area contributed by atoms with Crippen molar-refractivity contribution in [2.24, 2.45) is 11.8 Å². The second-order valence-corrected chi connectivity index (χ2v) is 5.63. The molecule has 1 aliphatic rings. The molecular weight excluding hydrogens is 343 g/mol. The maximum atomic E-state index is 13.0. The number of methoxy groups -OCH3 is 1. The highest BCUT2D eigenvalue weighted by atomic mass is 19.4. The van der Waals surface area contributed by atoms with Crippen LogP contribution in [-0.4, -0.2) is 47.6 Å². The zero-order valence-corrected chi connectivity index (χ0v) is 13.0. The van der Waals surface area contributed by atoms with Crippen LogP contribution in [0.1, 0.15) is 0 Å². The zero-order chi connectivity index (χ0) is 18.2. The summed E-state index contributed by atoms with van der Waals surface area (Å²) in [6.07, 6.45) is -4.61. The van der Waals surface area contributed by atoms with E-state index < -0.39 is 30.5 Å². The number of hydrogen-bond acceptors (Lipinski definition) is 6. The molecule has 10 heteroatoms. The van der Waals surface area contributed by atoms with Crippen LogP contribution >= 0.6 is 0 Å². The quantitative estimate of drug-likeness (QED) is 0.899. The lowest BCUT2D eigenvalue weighted by Gasteiger charge is -2.17. The number of rotatable bonds is 4. The summed E-state index contributed by atoms with van der Waals surface area (Å²) in [5, 5.41) is 12.8. The molecule has 25 heavy (non-hydrogen) atoms. The van der Waals surface area contributed by atoms with Crippen molar-refractivity contribution >= 4 is 12.0 Å². The van der Waals surface area contributed by atoms with Gasteiger partial charge in [-0.15, -0.1) is 0 Å². The normalized spacial score (nSPS) is 20.7. The molecule has 0 spiro atoms. The third kappa shape index (κ3) is 3.37. The van der Waals surface area contributed by atoms with E-state index in [-0.39, 0.29) is 18.4 Å². The molecular formula is C15H14F3N3O4. The van der Waals surface area contributed by atoms with Crippen molar-refractivity contribution in [2.45, 2.75) is 6.18 Å². The Labute approximate surface area is 140 Å². The molecule has 2 aromatic rings. The Balaban J connectivity index is 1.81. The van der Waals surface area contributed by atoms with Crippen molar-refractivity contribution in [1.82, 2.24) is 10.1 Å². The van der Waals surface area contributed by atoms with E-state index in [9.17, 15) is 18.0 Å². The number of anilines is 1. The summed E-state index contributed by atoms with van der Waals surface area (Å²) in [5.74, 6) is -4.23. The van der Waals surface area contributed by atoms with Crippen molar-refractivity contribution in [3.8, 4) is 17.1 Å². The molecule has 1 saturated heterocycles. The second-order valence-electron chi connectivity index (χ2n) is 5.63. The van der Waals surface area contributed by atoms with E-state index >= 15 is 0 Å². The van der Waals surface area contributed by atoms with Gasteiger partial charge in [0.25, 0.3) is 0 Å². The van der Waals surface area contributed by atoms with Gasteiger partial charge in [0.15, 0.2) is 0 Å². The molecule has 134 valence electrons. The number of alkyl halides is 3. The average Bonchev–Trinajstić information content (AvgIpc) is 3.21. The number of benzene rings is 1. The van der Waals surface area contributed by atoms with Gasteiger partial charge in [0, 0.05) is 18.7 Å². The number of hydrogen-bond donors (Lipinski definition) is 1. The predicted molar refractivity (Wildman–Crippen MR) is 79.2 cm³/mol. The van der Waals surface area contributed by atoms with Crippen LogP contribution in [-0.2, 0) is 4.79 Å². The molecule has 7 nitrogen and oxygen atoms in total. The summed E-state index contributed by atoms with van der Waals surface area (Å²) in [5.41, 5.74) is 0.595. The minimum Gasteiger partial charge on any atom is -0.497 e. The largest absolute Gasteiger partial charge is 0.497 e. The Bertz CT molecular complexity index is 760. The minimum absolute atomic E-state index is 0.135. The topological polar surface area (TPSA) is 88.7 Å². The summed E-state index contributed by atoms with van der Waals surface area (Å²) in [6.45, 7) is -0.880. The van der Waals surface area contributed by atoms with E-state index in [1.165, 1.54) is 7.11 Å². The molecule has 0 amide bonds. The number of carboxylic acid groups (broad SMARTS) is 1. The zero-order valence-electron chi connectivity index (χ0n) is 13.0. The summed E-state index contributed by atoms with van der Waals surface area (Å²) in [4.78, 5) is 16.3. The third-order valence-corrected chi connectivity index (χ3v) is 4.09. The van der Waals surface area contributed by atoms with E-state index in [4.69, 9.17) is 14.4 Å². The van der Waals surface area contributed by atoms with Gasteiger partial charge in [-0.3, -0.25) is 4.79 Å². The van der Waals surface area contributed by atoms with Gasteiger partial charge in [-0.05, 0) is 24.3 Å². The van der Waals surface area contributed by atoms with Gasteiger partial charge in [0.2, 0.25) is 5.82 Å². The first-order valence-electron chi connectivity index (χ1n) is 7.32. The lowest BCUT2D eigenvalue weighted by atomic mass is 9.96. The van der Waals surface area contributed by atoms with Crippen molar-refractivity contribution < 1.29 is 32.3 Å². The fourth-order valence-electron chi connectivity index (χ4n) is 2.74. The number of carboxylic acids is 1. The van der Waals surface area contributed by atoms with E-state index in [2.05, 4.69) is 10.1 Å². The lowest BCUT2D eigenvalue weighted by Crippen LogP contribution is -2.33. The monoisotopic (exact) mass is 357 g/mol. The number of ether oxygens (including phenoxy) is 1. The summed E-state index contributed by atoms with van der Waals surface area (Å²) >= 11 is 0. The van der Waals surface area contributed by atoms with Crippen molar-refractivity contribution in [1.29, 1.82) is 0 Å². The molecule has 1 aromatic carbocycles. The smallest absolute Gasteiger partial charge is 0.394 e. The molecule has 0 aliphatic carbocycles. The number of halogens is 3. The molecule has 1 fully saturated rings. The molecule has 1 aromatic heterocycles. The Hall–Kier alpha value is -2.78. The number of nitrogens with zero attached hydrogens (tertiary/aromatic N) is 3. The first kappa shape index (κ1) is 17.1. The molecule has 1 N–H and O–H groups in total. The van der Waals surface area contributed by atoms with E-state index in [0.717, 1.165) is 4.90 Å². The van der Waals surface area contributed by atoms with E-state index in [1.54, 1.807) is 24.3 Å². The van der Waals surface area contributed by atoms with Gasteiger partial charge >= 0.3 is 18.2 Å². The fourth-order valence-corrected chi connectivity index (χ4v) is 2.74. The molecule has 0 radical (unpaired) electrons. The highest BCUT2D eigenvalue weighted by Gasteiger charge is 2.53. The van der Waals surface area contributed by atoms with Gasteiger partial charge < -0.3 is 19.3 Å². The van der Waals surface area contributed by atoms with Crippen LogP contribution in [0.2, 0.25) is 0 Å². The van der Waals surface area contributed by atoms with E-state index in [1.807, 2.05) is 0 Å². The standard InChI is InChI=1S/C15H14F3N3O4/c1-24-9-4-2-8(3-5-9)12-19-14(25-20-12)21-6-10(13(22)23)11(7-21)15(16,17)18/h2-5,10-11H,6-7H2,1H3,(H,22,23)/t10-,11-/m1/s1. The fraction of sp³-hybridized carbons (Fsp3) is 0.400. The van der Waals surface area contributed by atoms with Crippen LogP contribution in [0.15, 0.2) is 28.8 Å². The third-order valence-electron chi connectivity index (χ3n) is 4.09. The van der Waals surface area contributed by atoms with Crippen LogP contribution in [0.3, 0.4) is 0 Å². The summed E-state index contributed by atoms with van der Waals surface area (Å²) in [6, 6.07) is 6.58. The maximum Gasteiger partial charge on any atom is 0.394 e. The molecule has 1 aliphatic heterocycles. The number of aromatic nitrogens is 2. The van der Waals surface area contributed by atoms with Gasteiger partial charge in [0.05, 0.1) is 18.9 Å². The Morgan fingerprint density at radius 3 is 2.52 bits per heavy atom. The number of aliphatic carboxylic acids is 1. The molecule has 2 heterocycles. The number of carbonyl (C=O) groups is 1. The highest BCUT2D eigenvalue weighted by molar-refractivity contribution is 5.72. The van der Waals surface area contributed by atoms with Gasteiger partial charge in [-0.1, -0.05) is 5.16 Å². The van der Waals surface area contributed by atoms with Crippen molar-refractivity contribution in [3.05, 3.63) is 24.3 Å².